The number of benzene rings is 1. The van der Waals surface area contributed by atoms with Crippen LogP contribution in [-0.4, -0.2) is 19.7 Å². The second kappa shape index (κ2) is 5.50. The van der Waals surface area contributed by atoms with Gasteiger partial charge in [-0.1, -0.05) is 18.2 Å². The van der Waals surface area contributed by atoms with Gasteiger partial charge in [-0.2, -0.15) is 0 Å². The van der Waals surface area contributed by atoms with Crippen LogP contribution in [0, 0.1) is 0 Å². The van der Waals surface area contributed by atoms with Gasteiger partial charge in [0.2, 0.25) is 0 Å². The van der Waals surface area contributed by atoms with Crippen LogP contribution in [-0.2, 0) is 6.42 Å². The van der Waals surface area contributed by atoms with E-state index < -0.39 is 6.17 Å². The van der Waals surface area contributed by atoms with Crippen LogP contribution in [0.15, 0.2) is 18.2 Å². The Kier molecular flexibility index (Phi) is 4.00. The number of hydrogen-bond acceptors (Lipinski definition) is 2. The zero-order valence-electron chi connectivity index (χ0n) is 10.5. The summed E-state index contributed by atoms with van der Waals surface area (Å²) in [5.74, 6) is 0.719. The maximum absolute atomic E-state index is 13.5. The molecule has 1 aliphatic rings. The van der Waals surface area contributed by atoms with Crippen molar-refractivity contribution in [1.82, 2.24) is 5.32 Å². The molecule has 0 saturated carbocycles. The minimum atomic E-state index is -0.985. The van der Waals surface area contributed by atoms with Gasteiger partial charge >= 0.3 is 0 Å². The quantitative estimate of drug-likeness (QED) is 0.869. The minimum Gasteiger partial charge on any atom is -0.496 e. The molecular formula is C14H20FNO. The summed E-state index contributed by atoms with van der Waals surface area (Å²) in [6, 6.07) is 6.26. The lowest BCUT2D eigenvalue weighted by molar-refractivity contribution is 0.343. The largest absolute Gasteiger partial charge is 0.496 e. The van der Waals surface area contributed by atoms with Gasteiger partial charge in [-0.15, -0.1) is 0 Å². The van der Waals surface area contributed by atoms with Crippen molar-refractivity contribution in [2.24, 2.45) is 0 Å². The van der Waals surface area contributed by atoms with Gasteiger partial charge in [0, 0.05) is 11.6 Å². The number of alkyl halides is 1. The van der Waals surface area contributed by atoms with Gasteiger partial charge in [-0.3, -0.25) is 0 Å². The summed E-state index contributed by atoms with van der Waals surface area (Å²) in [4.78, 5) is 0. The molecule has 0 amide bonds. The van der Waals surface area contributed by atoms with Crippen LogP contribution in [0.5, 0.6) is 5.75 Å². The molecule has 2 rings (SSSR count). The van der Waals surface area contributed by atoms with Crippen LogP contribution >= 0.6 is 0 Å². The predicted molar refractivity (Wildman–Crippen MR) is 67.2 cm³/mol. The molecule has 94 valence electrons. The fourth-order valence-electron chi connectivity index (χ4n) is 2.52. The maximum Gasteiger partial charge on any atom is 0.128 e. The summed E-state index contributed by atoms with van der Waals surface area (Å²) in [5.41, 5.74) is 1.76. The van der Waals surface area contributed by atoms with Crippen molar-refractivity contribution in [2.45, 2.75) is 38.4 Å². The van der Waals surface area contributed by atoms with Gasteiger partial charge in [0.05, 0.1) is 7.11 Å². The summed E-state index contributed by atoms with van der Waals surface area (Å²) in [6.45, 7) is 2.64. The van der Waals surface area contributed by atoms with E-state index in [0.717, 1.165) is 24.3 Å². The average molecular weight is 237 g/mol. The number of hydrogen-bond donors (Lipinski definition) is 1. The van der Waals surface area contributed by atoms with Gasteiger partial charge in [-0.25, -0.2) is 4.39 Å². The van der Waals surface area contributed by atoms with E-state index in [1.165, 1.54) is 12.8 Å². The molecule has 1 saturated heterocycles. The second-order valence-electron chi connectivity index (χ2n) is 4.65. The number of rotatable bonds is 4. The predicted octanol–water partition coefficient (Wildman–Crippen LogP) is 3.02. The Morgan fingerprint density at radius 2 is 2.35 bits per heavy atom. The van der Waals surface area contributed by atoms with E-state index in [4.69, 9.17) is 4.74 Å². The van der Waals surface area contributed by atoms with Gasteiger partial charge in [0.1, 0.15) is 11.9 Å². The van der Waals surface area contributed by atoms with E-state index in [0.29, 0.717) is 11.6 Å². The Morgan fingerprint density at radius 1 is 1.53 bits per heavy atom. The normalized spacial score (nSPS) is 21.5. The van der Waals surface area contributed by atoms with Crippen LogP contribution in [0.4, 0.5) is 4.39 Å². The molecule has 0 radical (unpaired) electrons. The van der Waals surface area contributed by atoms with Crippen LogP contribution in [0.1, 0.15) is 37.1 Å². The third-order valence-corrected chi connectivity index (χ3v) is 3.39. The molecule has 0 spiro atoms. The third-order valence-electron chi connectivity index (χ3n) is 3.39. The van der Waals surface area contributed by atoms with Crippen molar-refractivity contribution in [1.29, 1.82) is 0 Å². The molecule has 3 heteroatoms. The zero-order valence-corrected chi connectivity index (χ0v) is 10.5. The highest BCUT2D eigenvalue weighted by Gasteiger charge is 2.19. The Balaban J connectivity index is 2.22. The van der Waals surface area contributed by atoms with E-state index in [2.05, 4.69) is 5.32 Å². The molecule has 2 nitrogen and oxygen atoms in total. The first-order valence-electron chi connectivity index (χ1n) is 6.25. The molecule has 1 aromatic rings. The number of nitrogens with one attached hydrogen (secondary N) is 1. The fraction of sp³-hybridized carbons (Fsp3) is 0.571. The lowest BCUT2D eigenvalue weighted by Crippen LogP contribution is -2.24. The Hall–Kier alpha value is -1.09. The fourth-order valence-corrected chi connectivity index (χ4v) is 2.52. The van der Waals surface area contributed by atoms with Crippen LogP contribution < -0.4 is 10.1 Å². The molecule has 0 aromatic heterocycles. The summed E-state index contributed by atoms with van der Waals surface area (Å²) in [5, 5.41) is 3.46. The Labute approximate surface area is 102 Å². The molecule has 0 aliphatic carbocycles. The number of para-hydroxylation sites is 1. The monoisotopic (exact) mass is 237 g/mol. The first-order chi connectivity index (χ1) is 8.22. The first-order valence-corrected chi connectivity index (χ1v) is 6.25. The molecule has 17 heavy (non-hydrogen) atoms. The topological polar surface area (TPSA) is 21.3 Å². The van der Waals surface area contributed by atoms with Crippen LogP contribution in [0.3, 0.4) is 0 Å². The van der Waals surface area contributed by atoms with Gasteiger partial charge in [0.25, 0.3) is 0 Å². The van der Waals surface area contributed by atoms with E-state index in [9.17, 15) is 4.39 Å². The number of halogens is 1. The third kappa shape index (κ3) is 2.78. The summed E-state index contributed by atoms with van der Waals surface area (Å²) in [6.07, 6.45) is 2.36. The van der Waals surface area contributed by atoms with E-state index in [1.807, 2.05) is 12.1 Å². The molecule has 0 bridgehead atoms. The highest BCUT2D eigenvalue weighted by molar-refractivity contribution is 5.43. The van der Waals surface area contributed by atoms with Crippen molar-refractivity contribution in [3.05, 3.63) is 29.3 Å². The number of methoxy groups -OCH3 is 1. The molecule has 2 unspecified atom stereocenters. The van der Waals surface area contributed by atoms with Crippen molar-refractivity contribution >= 4 is 0 Å². The van der Waals surface area contributed by atoms with Crippen molar-refractivity contribution < 1.29 is 9.13 Å². The Bertz CT molecular complexity index is 372. The van der Waals surface area contributed by atoms with Gasteiger partial charge < -0.3 is 10.1 Å². The SMILES string of the molecule is COc1c(CC2CCCN2)cccc1C(C)F. The van der Waals surface area contributed by atoms with Crippen molar-refractivity contribution in [3.63, 3.8) is 0 Å². The lowest BCUT2D eigenvalue weighted by Gasteiger charge is -2.17. The molecule has 1 aliphatic heterocycles. The molecule has 1 aromatic carbocycles. The van der Waals surface area contributed by atoms with Gasteiger partial charge in [0.15, 0.2) is 0 Å². The molecule has 1 heterocycles. The molecular weight excluding hydrogens is 217 g/mol. The maximum atomic E-state index is 13.5. The van der Waals surface area contributed by atoms with Crippen LogP contribution in [0.25, 0.3) is 0 Å². The highest BCUT2D eigenvalue weighted by Crippen LogP contribution is 2.32. The standard InChI is InChI=1S/C14H20FNO/c1-10(15)13-7-3-5-11(14(13)17-2)9-12-6-4-8-16-12/h3,5,7,10,12,16H,4,6,8-9H2,1-2H3. The van der Waals surface area contributed by atoms with E-state index in [-0.39, 0.29) is 0 Å². The smallest absolute Gasteiger partial charge is 0.128 e. The van der Waals surface area contributed by atoms with Crippen LogP contribution in [0.2, 0.25) is 0 Å². The highest BCUT2D eigenvalue weighted by atomic mass is 19.1. The lowest BCUT2D eigenvalue weighted by atomic mass is 9.99. The molecule has 1 N–H and O–H groups in total. The zero-order chi connectivity index (χ0) is 12.3. The average Bonchev–Trinajstić information content (AvgIpc) is 2.81. The van der Waals surface area contributed by atoms with Crippen molar-refractivity contribution in [3.8, 4) is 5.75 Å². The minimum absolute atomic E-state index is 0.508. The summed E-state index contributed by atoms with van der Waals surface area (Å²) in [7, 11) is 1.62. The van der Waals surface area contributed by atoms with Crippen molar-refractivity contribution in [2.75, 3.05) is 13.7 Å². The molecule has 2 atom stereocenters. The summed E-state index contributed by atoms with van der Waals surface area (Å²) >= 11 is 0. The van der Waals surface area contributed by atoms with E-state index >= 15 is 0 Å². The molecule has 1 fully saturated rings. The first kappa shape index (κ1) is 12.4. The van der Waals surface area contributed by atoms with Gasteiger partial charge in [-0.05, 0) is 38.3 Å². The second-order valence-corrected chi connectivity index (χ2v) is 4.65. The summed E-state index contributed by atoms with van der Waals surface area (Å²) < 4.78 is 18.9. The Morgan fingerprint density at radius 3 is 2.94 bits per heavy atom. The van der Waals surface area contributed by atoms with E-state index in [1.54, 1.807) is 20.1 Å². The number of ether oxygens (including phenoxy) is 1.